The summed E-state index contributed by atoms with van der Waals surface area (Å²) in [6.07, 6.45) is 6.96. The van der Waals surface area contributed by atoms with Gasteiger partial charge in [-0.2, -0.15) is 0 Å². The number of benzene rings is 2. The maximum atomic E-state index is 12.6. The summed E-state index contributed by atoms with van der Waals surface area (Å²) in [5.74, 6) is -0.967. The fraction of sp³-hybridized carbons (Fsp3) is 0.423. The Labute approximate surface area is 189 Å². The molecule has 0 bridgehead atoms. The van der Waals surface area contributed by atoms with E-state index >= 15 is 0 Å². The van der Waals surface area contributed by atoms with Gasteiger partial charge in [-0.1, -0.05) is 68.1 Å². The summed E-state index contributed by atoms with van der Waals surface area (Å²) < 4.78 is 0. The first-order valence-corrected chi connectivity index (χ1v) is 11.6. The predicted octanol–water partition coefficient (Wildman–Crippen LogP) is 3.51. The summed E-state index contributed by atoms with van der Waals surface area (Å²) in [5, 5.41) is 3.16. The minimum atomic E-state index is -0.470. The number of nitrogens with zero attached hydrogens (tertiary/aromatic N) is 2. The fourth-order valence-electron chi connectivity index (χ4n) is 4.49. The van der Waals surface area contributed by atoms with Crippen LogP contribution in [-0.4, -0.2) is 46.7 Å². The maximum absolute atomic E-state index is 12.6. The number of nitrogens with one attached hydrogen (secondary N) is 1. The predicted molar refractivity (Wildman–Crippen MR) is 123 cm³/mol. The van der Waals surface area contributed by atoms with Crippen molar-refractivity contribution in [2.75, 3.05) is 13.1 Å². The van der Waals surface area contributed by atoms with Crippen LogP contribution in [0.25, 0.3) is 0 Å². The highest BCUT2D eigenvalue weighted by atomic mass is 16.2. The van der Waals surface area contributed by atoms with Crippen molar-refractivity contribution in [3.8, 4) is 0 Å². The number of hydrogen-bond donors (Lipinski definition) is 1. The maximum Gasteiger partial charge on any atom is 0.312 e. The van der Waals surface area contributed by atoms with Gasteiger partial charge < -0.3 is 15.1 Å². The third kappa shape index (κ3) is 5.55. The molecule has 168 valence electrons. The highest BCUT2D eigenvalue weighted by molar-refractivity contribution is 6.35. The molecule has 1 aliphatic carbocycles. The molecule has 1 heterocycles. The molecule has 1 saturated carbocycles. The second kappa shape index (κ2) is 10.4. The molecule has 2 fully saturated rings. The Hall–Kier alpha value is -3.15. The molecule has 0 unspecified atom stereocenters. The Kier molecular flexibility index (Phi) is 7.20. The number of hydrogen-bond acceptors (Lipinski definition) is 3. The van der Waals surface area contributed by atoms with E-state index < -0.39 is 11.8 Å². The first kappa shape index (κ1) is 22.1. The number of carbonyl (C=O) groups is 3. The van der Waals surface area contributed by atoms with Crippen LogP contribution < -0.4 is 5.32 Å². The number of amides is 3. The van der Waals surface area contributed by atoms with Gasteiger partial charge in [0, 0.05) is 37.8 Å². The summed E-state index contributed by atoms with van der Waals surface area (Å²) in [6.45, 7) is 1.83. The normalized spacial score (nSPS) is 17.9. The topological polar surface area (TPSA) is 69.7 Å². The molecule has 0 radical (unpaired) electrons. The van der Waals surface area contributed by atoms with Gasteiger partial charge in [0.2, 0.25) is 0 Å². The van der Waals surface area contributed by atoms with Crippen molar-refractivity contribution in [3.05, 3.63) is 71.3 Å². The van der Waals surface area contributed by atoms with Crippen molar-refractivity contribution in [1.82, 2.24) is 15.1 Å². The van der Waals surface area contributed by atoms with E-state index in [2.05, 4.69) is 5.32 Å². The van der Waals surface area contributed by atoms with Gasteiger partial charge in [-0.3, -0.25) is 14.4 Å². The molecule has 32 heavy (non-hydrogen) atoms. The largest absolute Gasteiger partial charge is 0.349 e. The molecule has 0 spiro atoms. The van der Waals surface area contributed by atoms with E-state index in [9.17, 15) is 14.4 Å². The molecule has 2 aliphatic rings. The van der Waals surface area contributed by atoms with Crippen LogP contribution in [0.2, 0.25) is 0 Å². The Morgan fingerprint density at radius 3 is 1.84 bits per heavy atom. The lowest BCUT2D eigenvalue weighted by molar-refractivity contribution is -0.156. The van der Waals surface area contributed by atoms with Gasteiger partial charge >= 0.3 is 11.8 Å². The van der Waals surface area contributed by atoms with Gasteiger partial charge in [-0.05, 0) is 36.1 Å². The molecule has 0 atom stereocenters. The molecule has 6 heteroatoms. The van der Waals surface area contributed by atoms with Crippen molar-refractivity contribution >= 4 is 17.7 Å². The average molecular weight is 434 g/mol. The minimum absolute atomic E-state index is 0.0377. The van der Waals surface area contributed by atoms with Crippen molar-refractivity contribution in [2.24, 2.45) is 0 Å². The van der Waals surface area contributed by atoms with Crippen LogP contribution in [0.3, 0.4) is 0 Å². The Morgan fingerprint density at radius 1 is 0.750 bits per heavy atom. The van der Waals surface area contributed by atoms with E-state index in [1.165, 1.54) is 25.7 Å². The third-order valence-corrected chi connectivity index (χ3v) is 6.39. The molecule has 1 saturated heterocycles. The average Bonchev–Trinajstić information content (AvgIpc) is 3.08. The Morgan fingerprint density at radius 2 is 1.28 bits per heavy atom. The van der Waals surface area contributed by atoms with Gasteiger partial charge in [0.1, 0.15) is 0 Å². The Bertz CT molecular complexity index is 935. The Balaban J connectivity index is 1.31. The second-order valence-corrected chi connectivity index (χ2v) is 8.80. The van der Waals surface area contributed by atoms with Crippen LogP contribution >= 0.6 is 0 Å². The van der Waals surface area contributed by atoms with Crippen LogP contribution in [0.1, 0.15) is 60.0 Å². The summed E-state index contributed by atoms with van der Waals surface area (Å²) in [4.78, 5) is 41.0. The molecule has 1 N–H and O–H groups in total. The van der Waals surface area contributed by atoms with E-state index in [-0.39, 0.29) is 11.9 Å². The van der Waals surface area contributed by atoms with E-state index in [1.54, 1.807) is 21.9 Å². The molecular formula is C26H31N3O3. The smallest absolute Gasteiger partial charge is 0.312 e. The number of carbonyl (C=O) groups excluding carboxylic acids is 3. The third-order valence-electron chi connectivity index (χ3n) is 6.39. The molecule has 4 rings (SSSR count). The molecular weight excluding hydrogens is 402 g/mol. The summed E-state index contributed by atoms with van der Waals surface area (Å²) in [5.41, 5.74) is 2.56. The van der Waals surface area contributed by atoms with Crippen molar-refractivity contribution < 1.29 is 14.4 Å². The van der Waals surface area contributed by atoms with Gasteiger partial charge in [-0.25, -0.2) is 0 Å². The van der Waals surface area contributed by atoms with Crippen LogP contribution in [0.4, 0.5) is 0 Å². The summed E-state index contributed by atoms with van der Waals surface area (Å²) >= 11 is 0. The molecule has 2 aromatic carbocycles. The fourth-order valence-corrected chi connectivity index (χ4v) is 4.49. The van der Waals surface area contributed by atoms with E-state index in [0.717, 1.165) is 24.0 Å². The molecule has 2 aromatic rings. The van der Waals surface area contributed by atoms with Crippen molar-refractivity contribution in [1.29, 1.82) is 0 Å². The van der Waals surface area contributed by atoms with E-state index in [0.29, 0.717) is 31.7 Å². The van der Waals surface area contributed by atoms with Gasteiger partial charge in [0.15, 0.2) is 0 Å². The van der Waals surface area contributed by atoms with Gasteiger partial charge in [0.25, 0.3) is 5.91 Å². The lowest BCUT2D eigenvalue weighted by Crippen LogP contribution is -2.53. The zero-order valence-electron chi connectivity index (χ0n) is 18.5. The molecule has 1 aliphatic heterocycles. The lowest BCUT2D eigenvalue weighted by atomic mass is 10.1. The van der Waals surface area contributed by atoms with E-state index in [4.69, 9.17) is 0 Å². The monoisotopic (exact) mass is 433 g/mol. The summed E-state index contributed by atoms with van der Waals surface area (Å²) in [6, 6.07) is 17.3. The highest BCUT2D eigenvalue weighted by Gasteiger charge is 2.32. The second-order valence-electron chi connectivity index (χ2n) is 8.80. The first-order chi connectivity index (χ1) is 15.6. The minimum Gasteiger partial charge on any atom is -0.349 e. The quantitative estimate of drug-likeness (QED) is 0.560. The lowest BCUT2D eigenvalue weighted by Gasteiger charge is -2.33. The molecule has 6 nitrogen and oxygen atoms in total. The zero-order valence-corrected chi connectivity index (χ0v) is 18.5. The first-order valence-electron chi connectivity index (χ1n) is 11.6. The summed E-state index contributed by atoms with van der Waals surface area (Å²) in [7, 11) is 0. The molecule has 3 amide bonds. The van der Waals surface area contributed by atoms with Crippen LogP contribution in [0.5, 0.6) is 0 Å². The van der Waals surface area contributed by atoms with E-state index in [1.807, 2.05) is 42.5 Å². The van der Waals surface area contributed by atoms with Crippen LogP contribution in [-0.2, 0) is 22.7 Å². The standard InChI is InChI=1S/C26H31N3O3/c30-24(27-23-10-6-1-2-7-11-23)22-14-12-21(13-15-22)19-29-17-16-28(25(31)26(29)32)18-20-8-4-3-5-9-20/h3-5,8-9,12-15,23H,1-2,6-7,10-11,16-19H2,(H,27,30). The molecule has 0 aromatic heterocycles. The van der Waals surface area contributed by atoms with Gasteiger partial charge in [0.05, 0.1) is 0 Å². The van der Waals surface area contributed by atoms with Crippen molar-refractivity contribution in [3.63, 3.8) is 0 Å². The van der Waals surface area contributed by atoms with Crippen LogP contribution in [0, 0.1) is 0 Å². The van der Waals surface area contributed by atoms with Crippen molar-refractivity contribution in [2.45, 2.75) is 57.7 Å². The number of piperazine rings is 1. The van der Waals surface area contributed by atoms with Gasteiger partial charge in [-0.15, -0.1) is 0 Å². The highest BCUT2D eigenvalue weighted by Crippen LogP contribution is 2.18. The zero-order chi connectivity index (χ0) is 22.3. The number of rotatable bonds is 6. The van der Waals surface area contributed by atoms with Crippen LogP contribution in [0.15, 0.2) is 54.6 Å². The SMILES string of the molecule is O=C(NC1CCCCCC1)c1ccc(CN2CCN(Cc3ccccc3)C(=O)C2=O)cc1.